The van der Waals surface area contributed by atoms with E-state index in [1.54, 1.807) is 4.90 Å². The van der Waals surface area contributed by atoms with Crippen LogP contribution in [0.4, 0.5) is 0 Å². The number of hydrogen-bond donors (Lipinski definition) is 1. The third-order valence-corrected chi connectivity index (χ3v) is 9.99. The van der Waals surface area contributed by atoms with Crippen LogP contribution in [-0.2, 0) is 19.1 Å². The van der Waals surface area contributed by atoms with Gasteiger partial charge in [0.2, 0.25) is 5.91 Å². The Labute approximate surface area is 231 Å². The van der Waals surface area contributed by atoms with Crippen molar-refractivity contribution in [3.05, 3.63) is 35.4 Å². The number of benzene rings is 1. The van der Waals surface area contributed by atoms with E-state index in [0.29, 0.717) is 24.6 Å². The highest BCUT2D eigenvalue weighted by molar-refractivity contribution is 5.99. The van der Waals surface area contributed by atoms with Gasteiger partial charge in [0.25, 0.3) is 5.91 Å². The Morgan fingerprint density at radius 1 is 1.03 bits per heavy atom. The number of Topliss-reactive ketones (excluding diaryl/α,β-unsaturated/α-hetero) is 1. The Bertz CT molecular complexity index is 1040. The summed E-state index contributed by atoms with van der Waals surface area (Å²) in [5.41, 5.74) is 1.88. The molecule has 0 radical (unpaired) electrons. The number of rotatable bonds is 8. The van der Waals surface area contributed by atoms with Crippen LogP contribution in [0.25, 0.3) is 0 Å². The van der Waals surface area contributed by atoms with E-state index in [2.05, 4.69) is 22.3 Å². The summed E-state index contributed by atoms with van der Waals surface area (Å²) in [7, 11) is 0. The van der Waals surface area contributed by atoms with E-state index in [1.807, 2.05) is 19.1 Å². The number of ketones is 1. The average molecular weight is 538 g/mol. The van der Waals surface area contributed by atoms with E-state index >= 15 is 0 Å². The molecule has 212 valence electrons. The molecule has 5 aliphatic rings. The molecule has 39 heavy (non-hydrogen) atoms. The summed E-state index contributed by atoms with van der Waals surface area (Å²) >= 11 is 0. The van der Waals surface area contributed by atoms with Gasteiger partial charge in [0.05, 0.1) is 6.54 Å². The SMILES string of the molecule is CCO[C@H]1CN(C(=O)[C@@H](NC(=O)c2ccc(C3CCN(C4CCC4)CC3)cc2)C2CCCC2)[C@@H]2C(=O)CO[C@H]12. The zero-order chi connectivity index (χ0) is 26.9. The van der Waals surface area contributed by atoms with E-state index in [9.17, 15) is 14.4 Å². The van der Waals surface area contributed by atoms with Crippen molar-refractivity contribution < 1.29 is 23.9 Å². The van der Waals surface area contributed by atoms with Gasteiger partial charge in [-0.1, -0.05) is 31.4 Å². The molecule has 2 amide bonds. The van der Waals surface area contributed by atoms with Gasteiger partial charge in [-0.05, 0) is 88.1 Å². The maximum Gasteiger partial charge on any atom is 0.251 e. The van der Waals surface area contributed by atoms with Crippen molar-refractivity contribution in [2.75, 3.05) is 32.8 Å². The molecule has 0 unspecified atom stereocenters. The molecule has 8 nitrogen and oxygen atoms in total. The summed E-state index contributed by atoms with van der Waals surface area (Å²) in [6.07, 6.45) is 9.59. The van der Waals surface area contributed by atoms with Gasteiger partial charge in [-0.2, -0.15) is 0 Å². The molecule has 8 heteroatoms. The van der Waals surface area contributed by atoms with E-state index in [1.165, 1.54) is 50.8 Å². The Morgan fingerprint density at radius 2 is 1.74 bits per heavy atom. The lowest BCUT2D eigenvalue weighted by molar-refractivity contribution is -0.139. The minimum atomic E-state index is -0.648. The number of hydrogen-bond acceptors (Lipinski definition) is 6. The summed E-state index contributed by atoms with van der Waals surface area (Å²) in [6.45, 7) is 5.06. The van der Waals surface area contributed by atoms with Gasteiger partial charge in [-0.25, -0.2) is 0 Å². The first kappa shape index (κ1) is 26.9. The third-order valence-electron chi connectivity index (χ3n) is 9.99. The molecule has 2 aliphatic carbocycles. The van der Waals surface area contributed by atoms with Gasteiger partial charge in [-0.3, -0.25) is 14.4 Å². The fourth-order valence-electron chi connectivity index (χ4n) is 7.53. The van der Waals surface area contributed by atoms with Gasteiger partial charge in [-0.15, -0.1) is 0 Å². The molecular weight excluding hydrogens is 494 g/mol. The van der Waals surface area contributed by atoms with Crippen LogP contribution in [0.1, 0.15) is 86.6 Å². The van der Waals surface area contributed by atoms with Crippen molar-refractivity contribution in [2.24, 2.45) is 5.92 Å². The molecule has 1 aromatic carbocycles. The number of carbonyl (C=O) groups excluding carboxylic acids is 3. The molecule has 4 atom stereocenters. The number of amides is 2. The van der Waals surface area contributed by atoms with Gasteiger partial charge in [0.15, 0.2) is 5.78 Å². The fraction of sp³-hybridized carbons (Fsp3) is 0.710. The van der Waals surface area contributed by atoms with Gasteiger partial charge >= 0.3 is 0 Å². The van der Waals surface area contributed by atoms with Crippen LogP contribution in [-0.4, -0.2) is 90.6 Å². The van der Waals surface area contributed by atoms with Crippen LogP contribution in [0.15, 0.2) is 24.3 Å². The Kier molecular flexibility index (Phi) is 8.05. The lowest BCUT2D eigenvalue weighted by atomic mass is 9.85. The zero-order valence-electron chi connectivity index (χ0n) is 23.2. The van der Waals surface area contributed by atoms with Crippen LogP contribution < -0.4 is 5.32 Å². The fourth-order valence-corrected chi connectivity index (χ4v) is 7.53. The first-order valence-electron chi connectivity index (χ1n) is 15.2. The van der Waals surface area contributed by atoms with E-state index in [0.717, 1.165) is 31.7 Å². The number of nitrogens with one attached hydrogen (secondary N) is 1. The lowest BCUT2D eigenvalue weighted by Crippen LogP contribution is -2.54. The molecule has 3 heterocycles. The van der Waals surface area contributed by atoms with Crippen LogP contribution in [0.2, 0.25) is 0 Å². The molecule has 5 fully saturated rings. The molecule has 3 aliphatic heterocycles. The lowest BCUT2D eigenvalue weighted by Gasteiger charge is -2.42. The predicted molar refractivity (Wildman–Crippen MR) is 147 cm³/mol. The average Bonchev–Trinajstić information content (AvgIpc) is 3.67. The minimum Gasteiger partial charge on any atom is -0.374 e. The predicted octanol–water partition coefficient (Wildman–Crippen LogP) is 3.29. The van der Waals surface area contributed by atoms with Gasteiger partial charge in [0.1, 0.15) is 30.9 Å². The standard InChI is InChI=1S/C31H43N3O5/c1-2-38-26-18-34(28-25(35)19-39-29(26)28)31(37)27(22-6-3-4-7-22)32-30(36)23-12-10-20(11-13-23)21-14-16-33(17-15-21)24-8-5-9-24/h10-13,21-22,24,26-29H,2-9,14-19H2,1H3,(H,32,36)/t26-,27-,28+,29+/m0/s1. The largest absolute Gasteiger partial charge is 0.374 e. The van der Waals surface area contributed by atoms with Crippen LogP contribution in [0.3, 0.4) is 0 Å². The first-order valence-corrected chi connectivity index (χ1v) is 15.2. The summed E-state index contributed by atoms with van der Waals surface area (Å²) in [5, 5.41) is 3.09. The highest BCUT2D eigenvalue weighted by Gasteiger charge is 2.54. The molecule has 2 saturated carbocycles. The summed E-state index contributed by atoms with van der Waals surface area (Å²) in [4.78, 5) is 44.3. The first-order chi connectivity index (χ1) is 19.0. The second-order valence-electron chi connectivity index (χ2n) is 12.2. The van der Waals surface area contributed by atoms with Crippen molar-refractivity contribution in [3.63, 3.8) is 0 Å². The second kappa shape index (κ2) is 11.7. The Balaban J connectivity index is 1.12. The second-order valence-corrected chi connectivity index (χ2v) is 12.2. The highest BCUT2D eigenvalue weighted by Crippen LogP contribution is 2.35. The molecule has 6 rings (SSSR count). The molecule has 0 aromatic heterocycles. The maximum atomic E-state index is 13.9. The van der Waals surface area contributed by atoms with E-state index in [4.69, 9.17) is 9.47 Å². The third kappa shape index (κ3) is 5.40. The number of fused-ring (bicyclic) bond motifs is 1. The van der Waals surface area contributed by atoms with Crippen LogP contribution in [0, 0.1) is 5.92 Å². The number of ether oxygens (including phenoxy) is 2. The quantitative estimate of drug-likeness (QED) is 0.548. The van der Waals surface area contributed by atoms with Crippen LogP contribution in [0.5, 0.6) is 0 Å². The summed E-state index contributed by atoms with van der Waals surface area (Å²) in [6, 6.07) is 7.54. The van der Waals surface area contributed by atoms with Crippen molar-refractivity contribution in [3.8, 4) is 0 Å². The number of piperidine rings is 1. The van der Waals surface area contributed by atoms with Crippen molar-refractivity contribution >= 4 is 17.6 Å². The molecule has 1 N–H and O–H groups in total. The van der Waals surface area contributed by atoms with Gasteiger partial charge in [0, 0.05) is 18.2 Å². The molecule has 0 bridgehead atoms. The van der Waals surface area contributed by atoms with Crippen molar-refractivity contribution in [1.29, 1.82) is 0 Å². The van der Waals surface area contributed by atoms with Crippen molar-refractivity contribution in [1.82, 2.24) is 15.1 Å². The maximum absolute atomic E-state index is 13.9. The van der Waals surface area contributed by atoms with E-state index in [-0.39, 0.29) is 36.2 Å². The van der Waals surface area contributed by atoms with Crippen LogP contribution >= 0.6 is 0 Å². The highest BCUT2D eigenvalue weighted by atomic mass is 16.6. The molecular formula is C31H43N3O5. The van der Waals surface area contributed by atoms with Crippen molar-refractivity contribution in [2.45, 2.75) is 101 Å². The number of likely N-dealkylation sites (tertiary alicyclic amines) is 2. The normalized spacial score (nSPS) is 29.4. The minimum absolute atomic E-state index is 0.00903. The van der Waals surface area contributed by atoms with Gasteiger partial charge < -0.3 is 24.6 Å². The molecule has 1 aromatic rings. The molecule has 0 spiro atoms. The summed E-state index contributed by atoms with van der Waals surface area (Å²) in [5.74, 6) is 0.127. The Hall–Kier alpha value is -2.29. The molecule has 3 saturated heterocycles. The monoisotopic (exact) mass is 537 g/mol. The zero-order valence-corrected chi connectivity index (χ0v) is 23.2. The smallest absolute Gasteiger partial charge is 0.251 e. The number of carbonyl (C=O) groups is 3. The Morgan fingerprint density at radius 3 is 2.38 bits per heavy atom. The topological polar surface area (TPSA) is 88.2 Å². The van der Waals surface area contributed by atoms with E-state index < -0.39 is 18.2 Å². The number of nitrogens with zero attached hydrogens (tertiary/aromatic N) is 2. The summed E-state index contributed by atoms with van der Waals surface area (Å²) < 4.78 is 11.5.